The molecule has 0 unspecified atom stereocenters. The summed E-state index contributed by atoms with van der Waals surface area (Å²) in [6, 6.07) is 9.44. The Hall–Kier alpha value is -3.07. The highest BCUT2D eigenvalue weighted by Gasteiger charge is 2.16. The van der Waals surface area contributed by atoms with Crippen molar-refractivity contribution >= 4 is 23.4 Å². The van der Waals surface area contributed by atoms with E-state index in [4.69, 9.17) is 9.41 Å². The third-order valence-electron chi connectivity index (χ3n) is 4.80. The summed E-state index contributed by atoms with van der Waals surface area (Å²) in [6.07, 6.45) is 6.97. The largest absolute Gasteiger partial charge is 0.433 e. The monoisotopic (exact) mass is 414 g/mol. The van der Waals surface area contributed by atoms with Crippen LogP contribution in [0.5, 0.6) is 0 Å². The summed E-state index contributed by atoms with van der Waals surface area (Å²) in [5, 5.41) is 17.0. The third-order valence-corrected chi connectivity index (χ3v) is 5.63. The topological polar surface area (TPSA) is 85.9 Å². The van der Waals surface area contributed by atoms with E-state index in [-0.39, 0.29) is 23.5 Å². The van der Waals surface area contributed by atoms with Crippen molar-refractivity contribution in [2.75, 3.05) is 0 Å². The van der Waals surface area contributed by atoms with Crippen LogP contribution in [0.3, 0.4) is 0 Å². The minimum atomic E-state index is -0.607. The molecule has 29 heavy (non-hydrogen) atoms. The van der Waals surface area contributed by atoms with Gasteiger partial charge in [0.15, 0.2) is 5.76 Å². The molecule has 0 spiro atoms. The highest BCUT2D eigenvalue weighted by molar-refractivity contribution is 7.07. The Kier molecular flexibility index (Phi) is 5.66. The van der Waals surface area contributed by atoms with Gasteiger partial charge in [0.25, 0.3) is 0 Å². The van der Waals surface area contributed by atoms with Crippen molar-refractivity contribution in [1.29, 1.82) is 0 Å². The van der Waals surface area contributed by atoms with Crippen LogP contribution in [0.25, 0.3) is 11.3 Å². The first-order valence-corrected chi connectivity index (χ1v) is 10.3. The van der Waals surface area contributed by atoms with Crippen LogP contribution in [0.2, 0.25) is 0 Å². The number of hydrogen-bond donors (Lipinski definition) is 0. The van der Waals surface area contributed by atoms with Gasteiger partial charge in [-0.15, -0.1) is 11.3 Å². The highest BCUT2D eigenvalue weighted by atomic mass is 32.1. The summed E-state index contributed by atoms with van der Waals surface area (Å²) in [6.45, 7) is 0. The second kappa shape index (κ2) is 8.52. The normalized spacial score (nSPS) is 16.0. The van der Waals surface area contributed by atoms with Gasteiger partial charge >= 0.3 is 5.88 Å². The zero-order valence-corrected chi connectivity index (χ0v) is 16.3. The molecule has 0 amide bonds. The Morgan fingerprint density at radius 3 is 2.72 bits per heavy atom. The number of rotatable bonds is 5. The van der Waals surface area contributed by atoms with Gasteiger partial charge in [0.2, 0.25) is 4.80 Å². The molecule has 0 bridgehead atoms. The summed E-state index contributed by atoms with van der Waals surface area (Å²) in [7, 11) is 0. The lowest BCUT2D eigenvalue weighted by molar-refractivity contribution is -0.402. The van der Waals surface area contributed by atoms with Gasteiger partial charge in [-0.05, 0) is 31.0 Å². The lowest BCUT2D eigenvalue weighted by Crippen LogP contribution is -2.19. The molecule has 0 N–H and O–H groups in total. The van der Waals surface area contributed by atoms with E-state index >= 15 is 0 Å². The number of hydrogen-bond acceptors (Lipinski definition) is 6. The quantitative estimate of drug-likeness (QED) is 0.335. The molecule has 2 aromatic heterocycles. The van der Waals surface area contributed by atoms with Crippen LogP contribution in [-0.2, 0) is 0 Å². The van der Waals surface area contributed by atoms with Crippen molar-refractivity contribution in [3.05, 3.63) is 68.3 Å². The number of aromatic nitrogens is 1. The van der Waals surface area contributed by atoms with Gasteiger partial charge in [-0.2, -0.15) is 5.10 Å². The molecule has 1 fully saturated rings. The first-order valence-electron chi connectivity index (χ1n) is 9.39. The van der Waals surface area contributed by atoms with Crippen LogP contribution in [0.4, 0.5) is 10.3 Å². The molecule has 7 nitrogen and oxygen atoms in total. The molecule has 0 aliphatic heterocycles. The molecule has 2 heterocycles. The fourth-order valence-electron chi connectivity index (χ4n) is 3.35. The lowest BCUT2D eigenvalue weighted by atomic mass is 9.96. The van der Waals surface area contributed by atoms with Crippen LogP contribution in [-0.4, -0.2) is 21.9 Å². The van der Waals surface area contributed by atoms with Crippen molar-refractivity contribution < 1.29 is 13.7 Å². The Bertz CT molecular complexity index is 1110. The fraction of sp³-hybridized carbons (Fsp3) is 0.300. The summed E-state index contributed by atoms with van der Waals surface area (Å²) in [4.78, 5) is 15.7. The molecule has 1 saturated carbocycles. The fourth-order valence-corrected chi connectivity index (χ4v) is 4.24. The molecular weight excluding hydrogens is 395 g/mol. The number of furan rings is 1. The molecule has 1 aliphatic rings. The second-order valence-electron chi connectivity index (χ2n) is 6.79. The average molecular weight is 414 g/mol. The van der Waals surface area contributed by atoms with Gasteiger partial charge in [-0.1, -0.05) is 31.4 Å². The van der Waals surface area contributed by atoms with E-state index in [1.165, 1.54) is 42.2 Å². The van der Waals surface area contributed by atoms with Crippen molar-refractivity contribution in [3.63, 3.8) is 0 Å². The van der Waals surface area contributed by atoms with E-state index in [2.05, 4.69) is 5.10 Å². The summed E-state index contributed by atoms with van der Waals surface area (Å²) >= 11 is 1.40. The van der Waals surface area contributed by atoms with Crippen molar-refractivity contribution in [1.82, 2.24) is 4.68 Å². The lowest BCUT2D eigenvalue weighted by Gasteiger charge is -2.16. The number of nitro groups is 1. The van der Waals surface area contributed by atoms with Crippen molar-refractivity contribution in [2.45, 2.75) is 38.1 Å². The van der Waals surface area contributed by atoms with Gasteiger partial charge in [-0.25, -0.2) is 9.07 Å². The summed E-state index contributed by atoms with van der Waals surface area (Å²) < 4.78 is 21.1. The van der Waals surface area contributed by atoms with Gasteiger partial charge in [0.1, 0.15) is 10.7 Å². The predicted octanol–water partition coefficient (Wildman–Crippen LogP) is 4.97. The molecule has 4 rings (SSSR count). The molecule has 0 saturated heterocycles. The predicted molar refractivity (Wildman–Crippen MR) is 108 cm³/mol. The standard InChI is InChI=1S/C20H19FN4O3S/c21-17-9-5-4-8-16(17)18-13-29-20(23-14-6-2-1-3-7-14)24(18)22-12-15-10-11-19(28-15)25(26)27/h4-5,8-14H,1-3,6-7H2. The first-order chi connectivity index (χ1) is 14.1. The van der Waals surface area contributed by atoms with Crippen LogP contribution in [0.15, 0.2) is 56.3 Å². The number of nitrogens with zero attached hydrogens (tertiary/aromatic N) is 4. The first kappa shape index (κ1) is 19.3. The minimum Gasteiger partial charge on any atom is -0.400 e. The van der Waals surface area contributed by atoms with Crippen LogP contribution < -0.4 is 4.80 Å². The minimum absolute atomic E-state index is 0.224. The van der Waals surface area contributed by atoms with Gasteiger partial charge < -0.3 is 4.42 Å². The highest BCUT2D eigenvalue weighted by Crippen LogP contribution is 2.24. The van der Waals surface area contributed by atoms with E-state index in [9.17, 15) is 14.5 Å². The Morgan fingerprint density at radius 2 is 2.00 bits per heavy atom. The Morgan fingerprint density at radius 1 is 1.21 bits per heavy atom. The van der Waals surface area contributed by atoms with E-state index in [0.29, 0.717) is 16.1 Å². The van der Waals surface area contributed by atoms with Crippen molar-refractivity contribution in [2.24, 2.45) is 10.1 Å². The maximum atomic E-state index is 14.4. The van der Waals surface area contributed by atoms with Crippen LogP contribution >= 0.6 is 11.3 Å². The number of thiazole rings is 1. The van der Waals surface area contributed by atoms with Gasteiger partial charge in [0.05, 0.1) is 24.0 Å². The van der Waals surface area contributed by atoms with Crippen LogP contribution in [0.1, 0.15) is 37.9 Å². The third kappa shape index (κ3) is 4.34. The van der Waals surface area contributed by atoms with Crippen LogP contribution in [0, 0.1) is 15.9 Å². The Balaban J connectivity index is 1.76. The molecular formula is C20H19FN4O3S. The van der Waals surface area contributed by atoms with Gasteiger partial charge in [0, 0.05) is 10.9 Å². The maximum absolute atomic E-state index is 14.4. The van der Waals surface area contributed by atoms with E-state index in [1.54, 1.807) is 22.9 Å². The molecule has 1 aliphatic carbocycles. The van der Waals surface area contributed by atoms with E-state index in [0.717, 1.165) is 25.7 Å². The zero-order chi connectivity index (χ0) is 20.2. The molecule has 9 heteroatoms. The maximum Gasteiger partial charge on any atom is 0.433 e. The molecule has 0 atom stereocenters. The zero-order valence-electron chi connectivity index (χ0n) is 15.5. The number of benzene rings is 1. The molecule has 1 aromatic carbocycles. The molecule has 3 aromatic rings. The van der Waals surface area contributed by atoms with E-state index in [1.807, 2.05) is 5.38 Å². The van der Waals surface area contributed by atoms with Crippen molar-refractivity contribution in [3.8, 4) is 11.3 Å². The van der Waals surface area contributed by atoms with Gasteiger partial charge in [-0.3, -0.25) is 15.1 Å². The smallest absolute Gasteiger partial charge is 0.400 e. The molecule has 0 radical (unpaired) electrons. The summed E-state index contributed by atoms with van der Waals surface area (Å²) in [5.41, 5.74) is 0.983. The Labute approximate surface area is 170 Å². The molecule has 150 valence electrons. The number of halogens is 1. The second-order valence-corrected chi connectivity index (χ2v) is 7.63. The van der Waals surface area contributed by atoms with E-state index < -0.39 is 4.92 Å². The average Bonchev–Trinajstić information content (AvgIpc) is 3.35. The summed E-state index contributed by atoms with van der Waals surface area (Å²) in [5.74, 6) is -0.478. The SMILES string of the molecule is O=[N+]([O-])c1ccc(C=Nn2c(-c3ccccc3F)csc2=NC2CCCCC2)o1.